The second-order valence-corrected chi connectivity index (χ2v) is 5.69. The molecular weight excluding hydrogens is 212 g/mol. The molecule has 1 rings (SSSR count). The molecule has 0 aliphatic carbocycles. The summed E-state index contributed by atoms with van der Waals surface area (Å²) < 4.78 is 5.41. The van der Waals surface area contributed by atoms with Gasteiger partial charge in [-0.2, -0.15) is 0 Å². The standard InChI is InChI=1S/C14H30N2O/c1-5-15-14(12(2)3)11-16(4)10-13-6-8-17-9-7-13/h12-15H,5-11H2,1-4H3. The molecule has 1 heterocycles. The lowest BCUT2D eigenvalue weighted by atomic mass is 9.98. The minimum absolute atomic E-state index is 0.616. The van der Waals surface area contributed by atoms with Crippen LogP contribution in [0.1, 0.15) is 33.6 Å². The van der Waals surface area contributed by atoms with Gasteiger partial charge in [0.1, 0.15) is 0 Å². The minimum Gasteiger partial charge on any atom is -0.381 e. The Hall–Kier alpha value is -0.120. The van der Waals surface area contributed by atoms with Crippen molar-refractivity contribution in [3.8, 4) is 0 Å². The van der Waals surface area contributed by atoms with Crippen LogP contribution in [0.4, 0.5) is 0 Å². The summed E-state index contributed by atoms with van der Waals surface area (Å²) in [5.74, 6) is 1.54. The number of hydrogen-bond acceptors (Lipinski definition) is 3. The van der Waals surface area contributed by atoms with Gasteiger partial charge in [0.05, 0.1) is 0 Å². The number of ether oxygens (including phenoxy) is 1. The summed E-state index contributed by atoms with van der Waals surface area (Å²) in [6, 6.07) is 0.616. The number of hydrogen-bond donors (Lipinski definition) is 1. The zero-order valence-electron chi connectivity index (χ0n) is 12.0. The highest BCUT2D eigenvalue weighted by atomic mass is 16.5. The normalized spacial score (nSPS) is 20.1. The molecule has 1 aliphatic rings. The van der Waals surface area contributed by atoms with E-state index in [1.54, 1.807) is 0 Å². The predicted molar refractivity (Wildman–Crippen MR) is 73.3 cm³/mol. The highest BCUT2D eigenvalue weighted by Gasteiger charge is 2.19. The summed E-state index contributed by atoms with van der Waals surface area (Å²) in [6.07, 6.45) is 2.47. The Kier molecular flexibility index (Phi) is 7.09. The van der Waals surface area contributed by atoms with Crippen molar-refractivity contribution in [3.05, 3.63) is 0 Å². The van der Waals surface area contributed by atoms with E-state index in [2.05, 4.69) is 38.0 Å². The third-order valence-corrected chi connectivity index (χ3v) is 3.69. The zero-order valence-corrected chi connectivity index (χ0v) is 12.0. The van der Waals surface area contributed by atoms with Crippen molar-refractivity contribution in [2.75, 3.05) is 39.9 Å². The third-order valence-electron chi connectivity index (χ3n) is 3.69. The van der Waals surface area contributed by atoms with Crippen molar-refractivity contribution in [1.82, 2.24) is 10.2 Å². The summed E-state index contributed by atoms with van der Waals surface area (Å²) in [7, 11) is 2.25. The Labute approximate surface area is 107 Å². The molecule has 1 saturated heterocycles. The van der Waals surface area contributed by atoms with Gasteiger partial charge in [-0.1, -0.05) is 20.8 Å². The molecule has 1 N–H and O–H groups in total. The zero-order chi connectivity index (χ0) is 12.7. The first-order valence-electron chi connectivity index (χ1n) is 7.13. The predicted octanol–water partition coefficient (Wildman–Crippen LogP) is 1.98. The number of nitrogens with one attached hydrogen (secondary N) is 1. The third kappa shape index (κ3) is 5.84. The summed E-state index contributed by atoms with van der Waals surface area (Å²) >= 11 is 0. The van der Waals surface area contributed by atoms with E-state index in [0.29, 0.717) is 12.0 Å². The molecule has 0 aromatic rings. The smallest absolute Gasteiger partial charge is 0.0469 e. The molecular formula is C14H30N2O. The SMILES string of the molecule is CCNC(CN(C)CC1CCOCC1)C(C)C. The molecule has 0 spiro atoms. The van der Waals surface area contributed by atoms with Crippen LogP contribution in [-0.2, 0) is 4.74 Å². The lowest BCUT2D eigenvalue weighted by Crippen LogP contribution is -2.44. The maximum Gasteiger partial charge on any atom is 0.0469 e. The maximum atomic E-state index is 5.41. The second kappa shape index (κ2) is 8.06. The van der Waals surface area contributed by atoms with Gasteiger partial charge in [-0.05, 0) is 38.3 Å². The first-order valence-corrected chi connectivity index (χ1v) is 7.13. The lowest BCUT2D eigenvalue weighted by molar-refractivity contribution is 0.0541. The molecule has 0 bridgehead atoms. The fourth-order valence-electron chi connectivity index (χ4n) is 2.55. The van der Waals surface area contributed by atoms with Crippen LogP contribution in [0.5, 0.6) is 0 Å². The average molecular weight is 242 g/mol. The van der Waals surface area contributed by atoms with Gasteiger partial charge in [0, 0.05) is 32.3 Å². The van der Waals surface area contributed by atoms with Crippen LogP contribution in [0, 0.1) is 11.8 Å². The fraction of sp³-hybridized carbons (Fsp3) is 1.00. The van der Waals surface area contributed by atoms with Crippen molar-refractivity contribution in [1.29, 1.82) is 0 Å². The van der Waals surface area contributed by atoms with E-state index in [9.17, 15) is 0 Å². The van der Waals surface area contributed by atoms with Crippen molar-refractivity contribution < 1.29 is 4.74 Å². The van der Waals surface area contributed by atoms with E-state index >= 15 is 0 Å². The van der Waals surface area contributed by atoms with E-state index in [1.165, 1.54) is 19.4 Å². The Bertz CT molecular complexity index is 191. The molecule has 0 saturated carbocycles. The van der Waals surface area contributed by atoms with Gasteiger partial charge in [-0.25, -0.2) is 0 Å². The molecule has 17 heavy (non-hydrogen) atoms. The molecule has 3 heteroatoms. The van der Waals surface area contributed by atoms with Gasteiger partial charge < -0.3 is 15.0 Å². The van der Waals surface area contributed by atoms with Crippen molar-refractivity contribution in [3.63, 3.8) is 0 Å². The lowest BCUT2D eigenvalue weighted by Gasteiger charge is -2.31. The molecule has 1 aliphatic heterocycles. The highest BCUT2D eigenvalue weighted by molar-refractivity contribution is 4.75. The molecule has 0 aromatic heterocycles. The molecule has 1 fully saturated rings. The molecule has 0 aromatic carbocycles. The minimum atomic E-state index is 0.616. The first-order chi connectivity index (χ1) is 8.13. The topological polar surface area (TPSA) is 24.5 Å². The highest BCUT2D eigenvalue weighted by Crippen LogP contribution is 2.16. The van der Waals surface area contributed by atoms with Crippen LogP contribution in [0.3, 0.4) is 0 Å². The van der Waals surface area contributed by atoms with Crippen LogP contribution < -0.4 is 5.32 Å². The summed E-state index contributed by atoms with van der Waals surface area (Å²) in [4.78, 5) is 2.49. The van der Waals surface area contributed by atoms with Crippen molar-refractivity contribution in [2.24, 2.45) is 11.8 Å². The van der Waals surface area contributed by atoms with E-state index in [-0.39, 0.29) is 0 Å². The van der Waals surface area contributed by atoms with Crippen molar-refractivity contribution in [2.45, 2.75) is 39.7 Å². The molecule has 102 valence electrons. The largest absolute Gasteiger partial charge is 0.381 e. The van der Waals surface area contributed by atoms with Crippen molar-refractivity contribution >= 4 is 0 Å². The van der Waals surface area contributed by atoms with Crippen LogP contribution >= 0.6 is 0 Å². The molecule has 0 amide bonds. The van der Waals surface area contributed by atoms with Crippen LogP contribution in [0.25, 0.3) is 0 Å². The van der Waals surface area contributed by atoms with E-state index in [1.807, 2.05) is 0 Å². The van der Waals surface area contributed by atoms with E-state index in [0.717, 1.165) is 32.2 Å². The quantitative estimate of drug-likeness (QED) is 0.739. The van der Waals surface area contributed by atoms with Gasteiger partial charge >= 0.3 is 0 Å². The van der Waals surface area contributed by atoms with Crippen LogP contribution in [0.15, 0.2) is 0 Å². The summed E-state index contributed by atoms with van der Waals surface area (Å²) in [5.41, 5.74) is 0. The molecule has 1 atom stereocenters. The average Bonchev–Trinajstić information content (AvgIpc) is 2.29. The number of nitrogens with zero attached hydrogens (tertiary/aromatic N) is 1. The van der Waals surface area contributed by atoms with E-state index in [4.69, 9.17) is 4.74 Å². The summed E-state index contributed by atoms with van der Waals surface area (Å²) in [5, 5.41) is 3.58. The molecule has 1 unspecified atom stereocenters. The number of rotatable bonds is 7. The van der Waals surface area contributed by atoms with Gasteiger partial charge in [-0.3, -0.25) is 0 Å². The van der Waals surface area contributed by atoms with Gasteiger partial charge in [-0.15, -0.1) is 0 Å². The monoisotopic (exact) mass is 242 g/mol. The Morgan fingerprint density at radius 3 is 2.47 bits per heavy atom. The van der Waals surface area contributed by atoms with Crippen LogP contribution in [-0.4, -0.2) is 50.8 Å². The Balaban J connectivity index is 2.27. The first kappa shape index (κ1) is 14.9. The second-order valence-electron chi connectivity index (χ2n) is 5.69. The van der Waals surface area contributed by atoms with Gasteiger partial charge in [0.2, 0.25) is 0 Å². The molecule has 0 radical (unpaired) electrons. The Morgan fingerprint density at radius 1 is 1.29 bits per heavy atom. The summed E-state index contributed by atoms with van der Waals surface area (Å²) in [6.45, 7) is 12.1. The molecule has 3 nitrogen and oxygen atoms in total. The van der Waals surface area contributed by atoms with Gasteiger partial charge in [0.25, 0.3) is 0 Å². The maximum absolute atomic E-state index is 5.41. The fourth-order valence-corrected chi connectivity index (χ4v) is 2.55. The number of likely N-dealkylation sites (N-methyl/N-ethyl adjacent to an activating group) is 2. The Morgan fingerprint density at radius 2 is 1.94 bits per heavy atom. The van der Waals surface area contributed by atoms with E-state index < -0.39 is 0 Å². The van der Waals surface area contributed by atoms with Crippen LogP contribution in [0.2, 0.25) is 0 Å². The van der Waals surface area contributed by atoms with Gasteiger partial charge in [0.15, 0.2) is 0 Å².